The summed E-state index contributed by atoms with van der Waals surface area (Å²) in [4.78, 5) is 15.2. The second-order valence-electron chi connectivity index (χ2n) is 2.54. The van der Waals surface area contributed by atoms with Crippen molar-refractivity contribution in [2.45, 2.75) is 0 Å². The van der Waals surface area contributed by atoms with E-state index in [1.807, 2.05) is 0 Å². The molecule has 0 aliphatic carbocycles. The zero-order valence-corrected chi connectivity index (χ0v) is 8.54. The predicted molar refractivity (Wildman–Crippen MR) is 61.6 cm³/mol. The Morgan fingerprint density at radius 3 is 2.57 bits per heavy atom. The predicted octanol–water partition coefficient (Wildman–Crippen LogP) is 1.75. The number of carbonyl (C=O) groups excluding carboxylic acids is 1. The van der Waals surface area contributed by atoms with Gasteiger partial charge in [0.2, 0.25) is 0 Å². The van der Waals surface area contributed by atoms with Gasteiger partial charge in [-0.1, -0.05) is 12.2 Å². The Labute approximate surface area is 87.9 Å². The lowest BCUT2D eigenvalue weighted by molar-refractivity contribution is 0.0963. The van der Waals surface area contributed by atoms with Gasteiger partial charge in [0.05, 0.1) is 5.69 Å². The minimum atomic E-state index is -0.102. The van der Waals surface area contributed by atoms with Crippen LogP contribution in [-0.2, 0) is 0 Å². The molecule has 0 unspecified atom stereocenters. The number of rotatable bonds is 3. The van der Waals surface area contributed by atoms with Crippen LogP contribution in [0.15, 0.2) is 29.3 Å². The summed E-state index contributed by atoms with van der Waals surface area (Å²) in [6.07, 6.45) is 1.53. The lowest BCUT2D eigenvalue weighted by Crippen LogP contribution is -2.17. The summed E-state index contributed by atoms with van der Waals surface area (Å²) < 4.78 is 0. The summed E-state index contributed by atoms with van der Waals surface area (Å²) in [6, 6.07) is 6.96. The third-order valence-corrected chi connectivity index (χ3v) is 1.76. The summed E-state index contributed by atoms with van der Waals surface area (Å²) in [6.45, 7) is 0. The van der Waals surface area contributed by atoms with Gasteiger partial charge in [0.1, 0.15) is 0 Å². The highest BCUT2D eigenvalue weighted by molar-refractivity contribution is 7.80. The molecule has 14 heavy (non-hydrogen) atoms. The van der Waals surface area contributed by atoms with Crippen LogP contribution in [0.4, 0.5) is 5.69 Å². The second-order valence-corrected chi connectivity index (χ2v) is 2.81. The van der Waals surface area contributed by atoms with E-state index < -0.39 is 0 Å². The van der Waals surface area contributed by atoms with E-state index in [1.165, 1.54) is 11.6 Å². The first-order valence-corrected chi connectivity index (χ1v) is 4.55. The quantitative estimate of drug-likeness (QED) is 0.604. The topological polar surface area (TPSA) is 41.5 Å². The number of amides is 1. The highest BCUT2D eigenvalue weighted by atomic mass is 32.1. The zero-order valence-electron chi connectivity index (χ0n) is 7.73. The molecular formula is C10H10N2OS. The fourth-order valence-corrected chi connectivity index (χ4v) is 1.02. The lowest BCUT2D eigenvalue weighted by Gasteiger charge is -1.98. The van der Waals surface area contributed by atoms with Crippen molar-refractivity contribution in [2.24, 2.45) is 4.99 Å². The van der Waals surface area contributed by atoms with Gasteiger partial charge in [0.25, 0.3) is 5.91 Å². The zero-order chi connectivity index (χ0) is 10.4. The number of carbonyl (C=O) groups is 1. The molecule has 0 saturated carbocycles. The minimum absolute atomic E-state index is 0.102. The van der Waals surface area contributed by atoms with Crippen molar-refractivity contribution in [1.82, 2.24) is 5.32 Å². The van der Waals surface area contributed by atoms with Crippen LogP contribution in [0.25, 0.3) is 0 Å². The van der Waals surface area contributed by atoms with E-state index in [4.69, 9.17) is 0 Å². The summed E-state index contributed by atoms with van der Waals surface area (Å²) in [5.41, 5.74) is 1.40. The average molecular weight is 206 g/mol. The normalized spacial score (nSPS) is 10.1. The van der Waals surface area contributed by atoms with Crippen molar-refractivity contribution in [3.05, 3.63) is 29.8 Å². The highest BCUT2D eigenvalue weighted by Crippen LogP contribution is 2.11. The molecule has 0 saturated heterocycles. The number of nitrogens with one attached hydrogen (secondary N) is 1. The molecule has 1 rings (SSSR count). The fraction of sp³-hybridized carbons (Fsp3) is 0.100. The Morgan fingerprint density at radius 2 is 2.07 bits per heavy atom. The van der Waals surface area contributed by atoms with Gasteiger partial charge >= 0.3 is 0 Å². The van der Waals surface area contributed by atoms with Crippen LogP contribution in [0.2, 0.25) is 0 Å². The molecule has 3 nitrogen and oxygen atoms in total. The SMILES string of the molecule is CNC(=O)c1ccc(N=CC=S)cc1. The monoisotopic (exact) mass is 206 g/mol. The van der Waals surface area contributed by atoms with E-state index in [2.05, 4.69) is 22.5 Å². The molecule has 1 amide bonds. The number of hydrogen-bond acceptors (Lipinski definition) is 3. The van der Waals surface area contributed by atoms with Crippen molar-refractivity contribution in [3.63, 3.8) is 0 Å². The number of hydrogen-bond donors (Lipinski definition) is 1. The molecule has 0 spiro atoms. The van der Waals surface area contributed by atoms with Crippen LogP contribution in [-0.4, -0.2) is 24.5 Å². The molecule has 0 aliphatic rings. The van der Waals surface area contributed by atoms with Crippen LogP contribution in [0.1, 0.15) is 10.4 Å². The summed E-state index contributed by atoms with van der Waals surface area (Å²) in [5.74, 6) is -0.102. The van der Waals surface area contributed by atoms with E-state index in [0.717, 1.165) is 5.69 Å². The Balaban J connectivity index is 2.83. The Bertz CT molecular complexity index is 357. The van der Waals surface area contributed by atoms with Gasteiger partial charge in [0.15, 0.2) is 0 Å². The molecule has 72 valence electrons. The minimum Gasteiger partial charge on any atom is -0.355 e. The third-order valence-electron chi connectivity index (χ3n) is 1.64. The van der Waals surface area contributed by atoms with Crippen molar-refractivity contribution >= 4 is 35.4 Å². The molecule has 1 N–H and O–H groups in total. The van der Waals surface area contributed by atoms with E-state index >= 15 is 0 Å². The second kappa shape index (κ2) is 5.24. The first kappa shape index (κ1) is 10.5. The third kappa shape index (κ3) is 2.74. The van der Waals surface area contributed by atoms with Crippen LogP contribution >= 0.6 is 12.2 Å². The molecule has 0 bridgehead atoms. The standard InChI is InChI=1S/C10H10N2OS/c1-11-10(13)8-2-4-9(5-3-8)12-6-7-14/h2-7H,1H3,(H,11,13). The van der Waals surface area contributed by atoms with Crippen LogP contribution < -0.4 is 5.32 Å². The highest BCUT2D eigenvalue weighted by Gasteiger charge is 2.00. The largest absolute Gasteiger partial charge is 0.355 e. The maximum Gasteiger partial charge on any atom is 0.251 e. The number of aliphatic imine (C=N–C) groups is 1. The maximum atomic E-state index is 11.2. The van der Waals surface area contributed by atoms with Gasteiger partial charge in [-0.15, -0.1) is 0 Å². The Morgan fingerprint density at radius 1 is 1.43 bits per heavy atom. The fourth-order valence-electron chi connectivity index (χ4n) is 0.960. The van der Waals surface area contributed by atoms with Crippen LogP contribution in [0.3, 0.4) is 0 Å². The van der Waals surface area contributed by atoms with Crippen molar-refractivity contribution in [3.8, 4) is 0 Å². The van der Waals surface area contributed by atoms with E-state index in [1.54, 1.807) is 31.3 Å². The van der Waals surface area contributed by atoms with Gasteiger partial charge in [-0.25, -0.2) is 0 Å². The van der Waals surface area contributed by atoms with Gasteiger partial charge in [0, 0.05) is 24.2 Å². The van der Waals surface area contributed by atoms with Gasteiger partial charge in [-0.05, 0) is 24.3 Å². The Hall–Kier alpha value is -1.55. The molecule has 1 aromatic rings. The first-order valence-electron chi connectivity index (χ1n) is 4.08. The molecule has 0 radical (unpaired) electrons. The number of benzene rings is 1. The summed E-state index contributed by atoms with van der Waals surface area (Å²) in [5, 5.41) is 3.98. The first-order chi connectivity index (χ1) is 6.77. The van der Waals surface area contributed by atoms with Crippen LogP contribution in [0.5, 0.6) is 0 Å². The molecular weight excluding hydrogens is 196 g/mol. The van der Waals surface area contributed by atoms with Crippen molar-refractivity contribution in [2.75, 3.05) is 7.05 Å². The van der Waals surface area contributed by atoms with E-state index in [-0.39, 0.29) is 5.91 Å². The smallest absolute Gasteiger partial charge is 0.251 e. The number of thiocarbonyl (C=S) groups is 1. The molecule has 0 aliphatic heterocycles. The van der Waals surface area contributed by atoms with Gasteiger partial charge in [-0.3, -0.25) is 9.79 Å². The van der Waals surface area contributed by atoms with E-state index in [9.17, 15) is 4.79 Å². The average Bonchev–Trinajstić information content (AvgIpc) is 2.26. The maximum absolute atomic E-state index is 11.2. The lowest BCUT2D eigenvalue weighted by atomic mass is 10.2. The Kier molecular flexibility index (Phi) is 3.94. The summed E-state index contributed by atoms with van der Waals surface area (Å²) in [7, 11) is 1.60. The molecule has 0 fully saturated rings. The van der Waals surface area contributed by atoms with Crippen molar-refractivity contribution in [1.29, 1.82) is 0 Å². The van der Waals surface area contributed by atoms with Crippen LogP contribution in [0, 0.1) is 0 Å². The molecule has 0 heterocycles. The van der Waals surface area contributed by atoms with Gasteiger partial charge in [-0.2, -0.15) is 0 Å². The number of nitrogens with zero attached hydrogens (tertiary/aromatic N) is 1. The summed E-state index contributed by atoms with van der Waals surface area (Å²) >= 11 is 4.60. The molecule has 4 heteroatoms. The van der Waals surface area contributed by atoms with Crippen molar-refractivity contribution < 1.29 is 4.79 Å². The van der Waals surface area contributed by atoms with Gasteiger partial charge < -0.3 is 5.32 Å². The molecule has 0 atom stereocenters. The molecule has 1 aromatic carbocycles. The molecule has 0 aromatic heterocycles. The van der Waals surface area contributed by atoms with E-state index in [0.29, 0.717) is 5.56 Å².